The van der Waals surface area contributed by atoms with Crippen LogP contribution in [0.5, 0.6) is 0 Å². The van der Waals surface area contributed by atoms with E-state index in [1.165, 1.54) is 0 Å². The number of nitrogens with one attached hydrogen (secondary N) is 2. The van der Waals surface area contributed by atoms with Gasteiger partial charge in [-0.2, -0.15) is 0 Å². The van der Waals surface area contributed by atoms with Crippen molar-refractivity contribution in [3.63, 3.8) is 0 Å². The van der Waals surface area contributed by atoms with Gasteiger partial charge in [0.25, 0.3) is 5.91 Å². The van der Waals surface area contributed by atoms with Crippen LogP contribution in [0.4, 0.5) is 11.6 Å². The molecule has 5 rings (SSSR count). The molecule has 0 fully saturated rings. The third kappa shape index (κ3) is 4.79. The van der Waals surface area contributed by atoms with E-state index in [0.29, 0.717) is 29.1 Å². The molecule has 36 heavy (non-hydrogen) atoms. The minimum absolute atomic E-state index is 0.0995. The lowest BCUT2D eigenvalue weighted by Gasteiger charge is -2.14. The first-order valence-electron chi connectivity index (χ1n) is 11.4. The van der Waals surface area contributed by atoms with E-state index in [-0.39, 0.29) is 24.2 Å². The molecule has 0 radical (unpaired) electrons. The average molecular weight is 478 g/mol. The van der Waals surface area contributed by atoms with Crippen molar-refractivity contribution in [3.05, 3.63) is 89.0 Å². The fourth-order valence-electron chi connectivity index (χ4n) is 4.17. The molecule has 0 saturated carbocycles. The number of carbonyl (C=O) groups excluding carboxylic acids is 2. The average Bonchev–Trinajstić information content (AvgIpc) is 3.21. The summed E-state index contributed by atoms with van der Waals surface area (Å²) in [5.74, 6) is 6.19. The standard InChI is InChI=1S/C27H23N7O2/c1-34-22-9-12-30-26(36)21(22)15-23(34)25-19(16-31-27(28)33-25)6-5-17-3-2-4-18(13-17)14-24(35)32-20-7-10-29-11-8-20/h2-4,7-8,10-11,13,15-16H,9,12,14H2,1H3,(H,30,36)(H2,28,31,33)(H,29,32,35). The minimum Gasteiger partial charge on any atom is -0.368 e. The van der Waals surface area contributed by atoms with Crippen LogP contribution in [0, 0.1) is 11.8 Å². The molecule has 9 heteroatoms. The van der Waals surface area contributed by atoms with E-state index in [4.69, 9.17) is 5.73 Å². The molecular weight excluding hydrogens is 454 g/mol. The molecule has 1 aliphatic heterocycles. The maximum atomic E-state index is 12.4. The van der Waals surface area contributed by atoms with Gasteiger partial charge in [-0.25, -0.2) is 9.97 Å². The number of amides is 2. The Balaban J connectivity index is 1.41. The summed E-state index contributed by atoms with van der Waals surface area (Å²) in [5.41, 5.74) is 11.6. The summed E-state index contributed by atoms with van der Waals surface area (Å²) >= 11 is 0. The van der Waals surface area contributed by atoms with E-state index in [9.17, 15) is 9.59 Å². The van der Waals surface area contributed by atoms with Gasteiger partial charge in [-0.05, 0) is 35.9 Å². The highest BCUT2D eigenvalue weighted by Crippen LogP contribution is 2.28. The van der Waals surface area contributed by atoms with Crippen LogP contribution in [0.15, 0.2) is 61.1 Å². The molecule has 0 atom stereocenters. The molecular formula is C27H23N7O2. The summed E-state index contributed by atoms with van der Waals surface area (Å²) in [6.07, 6.45) is 5.79. The Labute approximate surface area is 207 Å². The van der Waals surface area contributed by atoms with E-state index < -0.39 is 0 Å². The molecule has 4 aromatic rings. The van der Waals surface area contributed by atoms with Crippen molar-refractivity contribution in [1.29, 1.82) is 0 Å². The second-order valence-electron chi connectivity index (χ2n) is 8.36. The Morgan fingerprint density at radius 2 is 2.03 bits per heavy atom. The fraction of sp³-hybridized carbons (Fsp3) is 0.148. The Hall–Kier alpha value is -4.97. The van der Waals surface area contributed by atoms with Crippen molar-refractivity contribution < 1.29 is 9.59 Å². The molecule has 0 unspecified atom stereocenters. The molecule has 0 aliphatic carbocycles. The number of benzene rings is 1. The predicted octanol–water partition coefficient (Wildman–Crippen LogP) is 2.33. The summed E-state index contributed by atoms with van der Waals surface area (Å²) in [7, 11) is 1.91. The normalized spacial score (nSPS) is 12.2. The van der Waals surface area contributed by atoms with Gasteiger partial charge in [0.1, 0.15) is 5.69 Å². The van der Waals surface area contributed by atoms with Gasteiger partial charge in [0.2, 0.25) is 11.9 Å². The van der Waals surface area contributed by atoms with E-state index in [1.54, 1.807) is 30.7 Å². The zero-order valence-electron chi connectivity index (χ0n) is 19.6. The van der Waals surface area contributed by atoms with Gasteiger partial charge in [0.05, 0.1) is 23.2 Å². The van der Waals surface area contributed by atoms with Gasteiger partial charge in [-0.15, -0.1) is 0 Å². The third-order valence-corrected chi connectivity index (χ3v) is 5.90. The minimum atomic E-state index is -0.128. The first-order valence-corrected chi connectivity index (χ1v) is 11.4. The molecule has 9 nitrogen and oxygen atoms in total. The number of fused-ring (bicyclic) bond motifs is 1. The lowest BCUT2D eigenvalue weighted by molar-refractivity contribution is -0.115. The van der Waals surface area contributed by atoms with Crippen LogP contribution in [-0.4, -0.2) is 37.9 Å². The number of anilines is 2. The first-order chi connectivity index (χ1) is 17.5. The summed E-state index contributed by atoms with van der Waals surface area (Å²) in [5, 5.41) is 5.72. The summed E-state index contributed by atoms with van der Waals surface area (Å²) in [6.45, 7) is 0.596. The van der Waals surface area contributed by atoms with E-state index in [1.807, 2.05) is 41.9 Å². The summed E-state index contributed by atoms with van der Waals surface area (Å²) < 4.78 is 1.96. The number of pyridine rings is 1. The van der Waals surface area contributed by atoms with E-state index in [0.717, 1.165) is 28.9 Å². The summed E-state index contributed by atoms with van der Waals surface area (Å²) in [6, 6.07) is 12.8. The van der Waals surface area contributed by atoms with Gasteiger partial charge in [-0.3, -0.25) is 14.6 Å². The van der Waals surface area contributed by atoms with E-state index >= 15 is 0 Å². The molecule has 1 aliphatic rings. The smallest absolute Gasteiger partial charge is 0.253 e. The van der Waals surface area contributed by atoms with Crippen molar-refractivity contribution in [3.8, 4) is 23.2 Å². The highest BCUT2D eigenvalue weighted by Gasteiger charge is 2.24. The molecule has 0 spiro atoms. The number of hydrogen-bond donors (Lipinski definition) is 3. The Morgan fingerprint density at radius 1 is 1.19 bits per heavy atom. The molecule has 2 amide bonds. The highest BCUT2D eigenvalue weighted by atomic mass is 16.2. The van der Waals surface area contributed by atoms with Gasteiger partial charge >= 0.3 is 0 Å². The largest absolute Gasteiger partial charge is 0.368 e. The van der Waals surface area contributed by atoms with Crippen molar-refractivity contribution in [1.82, 2.24) is 24.8 Å². The molecule has 3 aromatic heterocycles. The topological polar surface area (TPSA) is 128 Å². The SMILES string of the molecule is Cn1c(-c2nc(N)ncc2C#Cc2cccc(CC(=O)Nc3ccncc3)c2)cc2c1CCNC2=O. The van der Waals surface area contributed by atoms with Crippen LogP contribution in [0.25, 0.3) is 11.4 Å². The van der Waals surface area contributed by atoms with Gasteiger partial charge in [-0.1, -0.05) is 24.0 Å². The highest BCUT2D eigenvalue weighted by molar-refractivity contribution is 5.98. The van der Waals surface area contributed by atoms with Crippen molar-refractivity contribution in [2.75, 3.05) is 17.6 Å². The zero-order valence-corrected chi connectivity index (χ0v) is 19.6. The Bertz CT molecular complexity index is 1530. The second-order valence-corrected chi connectivity index (χ2v) is 8.36. The maximum Gasteiger partial charge on any atom is 0.253 e. The quantitative estimate of drug-likeness (QED) is 0.387. The lowest BCUT2D eigenvalue weighted by atomic mass is 10.1. The van der Waals surface area contributed by atoms with Crippen LogP contribution >= 0.6 is 0 Å². The first kappa shape index (κ1) is 22.8. The molecule has 0 saturated heterocycles. The number of nitrogens with two attached hydrogens (primary N) is 1. The fourth-order valence-corrected chi connectivity index (χ4v) is 4.17. The number of carbonyl (C=O) groups is 2. The Kier molecular flexibility index (Phi) is 6.16. The number of aromatic nitrogens is 4. The van der Waals surface area contributed by atoms with Crippen LogP contribution < -0.4 is 16.4 Å². The molecule has 1 aromatic carbocycles. The number of nitrogens with zero attached hydrogens (tertiary/aromatic N) is 4. The third-order valence-electron chi connectivity index (χ3n) is 5.90. The monoisotopic (exact) mass is 477 g/mol. The van der Waals surface area contributed by atoms with Gasteiger partial charge in [0, 0.05) is 55.5 Å². The number of nitrogen functional groups attached to an aromatic ring is 1. The molecule has 0 bridgehead atoms. The van der Waals surface area contributed by atoms with Crippen LogP contribution in [0.3, 0.4) is 0 Å². The second kappa shape index (κ2) is 9.72. The van der Waals surface area contributed by atoms with Gasteiger partial charge < -0.3 is 20.9 Å². The van der Waals surface area contributed by atoms with Crippen LogP contribution in [0.1, 0.15) is 32.7 Å². The summed E-state index contributed by atoms with van der Waals surface area (Å²) in [4.78, 5) is 37.2. The number of rotatable bonds is 4. The molecule has 4 heterocycles. The van der Waals surface area contributed by atoms with Gasteiger partial charge in [0.15, 0.2) is 0 Å². The van der Waals surface area contributed by atoms with Crippen molar-refractivity contribution in [2.45, 2.75) is 12.8 Å². The predicted molar refractivity (Wildman–Crippen MR) is 136 cm³/mol. The molecule has 4 N–H and O–H groups in total. The number of hydrogen-bond acceptors (Lipinski definition) is 6. The van der Waals surface area contributed by atoms with Crippen molar-refractivity contribution in [2.24, 2.45) is 7.05 Å². The van der Waals surface area contributed by atoms with Crippen LogP contribution in [0.2, 0.25) is 0 Å². The lowest BCUT2D eigenvalue weighted by Crippen LogP contribution is -2.31. The zero-order chi connectivity index (χ0) is 25.1. The van der Waals surface area contributed by atoms with Crippen molar-refractivity contribution >= 4 is 23.5 Å². The Morgan fingerprint density at radius 3 is 2.83 bits per heavy atom. The van der Waals surface area contributed by atoms with Crippen LogP contribution in [-0.2, 0) is 24.7 Å². The maximum absolute atomic E-state index is 12.4. The van der Waals surface area contributed by atoms with E-state index in [2.05, 4.69) is 37.4 Å². The molecule has 178 valence electrons.